The van der Waals surface area contributed by atoms with Crippen LogP contribution >= 0.6 is 11.3 Å². The first-order chi connectivity index (χ1) is 20.6. The van der Waals surface area contributed by atoms with Crippen LogP contribution in [0.4, 0.5) is 0 Å². The van der Waals surface area contributed by atoms with Crippen molar-refractivity contribution >= 4 is 49.1 Å². The lowest BCUT2D eigenvalue weighted by Gasteiger charge is -2.32. The molecule has 0 spiro atoms. The Morgan fingerprint density at radius 3 is 2.53 bits per heavy atom. The van der Waals surface area contributed by atoms with Crippen molar-refractivity contribution in [1.82, 2.24) is 25.8 Å². The molecule has 2 aliphatic rings. The molecule has 11 nitrogen and oxygen atoms in total. The van der Waals surface area contributed by atoms with Crippen LogP contribution in [0.25, 0.3) is 10.2 Å². The number of sulfone groups is 1. The van der Waals surface area contributed by atoms with Crippen molar-refractivity contribution in [1.29, 1.82) is 0 Å². The van der Waals surface area contributed by atoms with Gasteiger partial charge < -0.3 is 20.7 Å². The summed E-state index contributed by atoms with van der Waals surface area (Å²) in [7, 11) is -3.02. The van der Waals surface area contributed by atoms with Gasteiger partial charge in [-0.3, -0.25) is 19.3 Å². The van der Waals surface area contributed by atoms with Crippen LogP contribution in [0.1, 0.15) is 43.7 Å². The van der Waals surface area contributed by atoms with E-state index in [9.17, 15) is 22.8 Å². The normalized spacial score (nSPS) is 18.9. The second kappa shape index (κ2) is 15.2. The highest BCUT2D eigenvalue weighted by atomic mass is 32.2. The first-order valence-corrected chi connectivity index (χ1v) is 17.6. The third kappa shape index (κ3) is 9.56. The Labute approximate surface area is 257 Å². The molecule has 4 rings (SSSR count). The lowest BCUT2D eigenvalue weighted by molar-refractivity contribution is -0.129. The van der Waals surface area contributed by atoms with E-state index in [1.807, 2.05) is 17.0 Å². The van der Waals surface area contributed by atoms with Gasteiger partial charge in [-0.1, -0.05) is 26.5 Å². The zero-order valence-electron chi connectivity index (χ0n) is 25.0. The summed E-state index contributed by atoms with van der Waals surface area (Å²) in [5, 5.41) is 9.67. The maximum atomic E-state index is 13.7. The van der Waals surface area contributed by atoms with Gasteiger partial charge in [-0.15, -0.1) is 11.3 Å². The van der Waals surface area contributed by atoms with Crippen LogP contribution in [0.5, 0.6) is 0 Å². The van der Waals surface area contributed by atoms with Crippen molar-refractivity contribution < 1.29 is 27.5 Å². The number of thiazole rings is 1. The summed E-state index contributed by atoms with van der Waals surface area (Å²) in [5.41, 5.74) is 2.42. The van der Waals surface area contributed by atoms with Crippen LogP contribution < -0.4 is 16.0 Å². The molecule has 13 heteroatoms. The first-order valence-electron chi connectivity index (χ1n) is 15.0. The zero-order valence-corrected chi connectivity index (χ0v) is 26.7. The number of carbonyl (C=O) groups excluding carboxylic acids is 3. The highest BCUT2D eigenvalue weighted by Gasteiger charge is 2.30. The summed E-state index contributed by atoms with van der Waals surface area (Å²) < 4.78 is 30.0. The number of aromatic nitrogens is 1. The van der Waals surface area contributed by atoms with Gasteiger partial charge in [-0.25, -0.2) is 13.4 Å². The number of nitrogens with one attached hydrogen (secondary N) is 3. The van der Waals surface area contributed by atoms with Gasteiger partial charge >= 0.3 is 0 Å². The van der Waals surface area contributed by atoms with Gasteiger partial charge in [0.1, 0.15) is 6.04 Å². The van der Waals surface area contributed by atoms with E-state index in [2.05, 4.69) is 35.5 Å². The molecule has 2 aliphatic heterocycles. The second-order valence-electron chi connectivity index (χ2n) is 11.2. The molecule has 1 unspecified atom stereocenters. The molecule has 1 aromatic heterocycles. The van der Waals surface area contributed by atoms with E-state index in [0.717, 1.165) is 34.5 Å². The van der Waals surface area contributed by atoms with E-state index >= 15 is 0 Å². The molecule has 236 valence electrons. The molecular formula is C30H43N5O6S2. The molecule has 0 radical (unpaired) electrons. The average molecular weight is 634 g/mol. The van der Waals surface area contributed by atoms with E-state index in [-0.39, 0.29) is 67.1 Å². The fourth-order valence-corrected chi connectivity index (χ4v) is 7.67. The fraction of sp³-hybridized carbons (Fsp3) is 0.600. The minimum atomic E-state index is -3.02. The summed E-state index contributed by atoms with van der Waals surface area (Å²) in [6.07, 6.45) is 2.88. The van der Waals surface area contributed by atoms with Crippen LogP contribution in [0, 0.1) is 5.92 Å². The minimum Gasteiger partial charge on any atom is -0.381 e. The predicted octanol–water partition coefficient (Wildman–Crippen LogP) is 1.61. The molecular weight excluding hydrogens is 590 g/mol. The molecule has 0 aliphatic carbocycles. The standard InChI is InChI=1S/C30H43N5O6S2/c1-4-21-6-7-23-26(16-21)42-28(33-23)17-24(32-27(36)5-2)30(38)34-25(22-8-12-41-13-9-22)18-31-29(37)20(3)19-35-10-14-43(39,40)15-11-35/h6-7,16,22,24-25H,3-5,8-15,17-19H2,1-2H3,(H,31,37)(H,32,36)(H,34,38)/t24-,25?/m0/s1. The van der Waals surface area contributed by atoms with Gasteiger partial charge in [0.05, 0.1) is 26.7 Å². The largest absolute Gasteiger partial charge is 0.381 e. The maximum absolute atomic E-state index is 13.7. The van der Waals surface area contributed by atoms with E-state index in [1.54, 1.807) is 6.92 Å². The van der Waals surface area contributed by atoms with Crippen LogP contribution in [0.3, 0.4) is 0 Å². The molecule has 3 N–H and O–H groups in total. The van der Waals surface area contributed by atoms with Crippen molar-refractivity contribution in [3.63, 3.8) is 0 Å². The van der Waals surface area contributed by atoms with E-state index in [1.165, 1.54) is 16.9 Å². The highest BCUT2D eigenvalue weighted by molar-refractivity contribution is 7.91. The number of hydrogen-bond donors (Lipinski definition) is 3. The Morgan fingerprint density at radius 1 is 1.14 bits per heavy atom. The SMILES string of the molecule is C=C(CN1CCS(=O)(=O)CC1)C(=O)NCC(NC(=O)[C@H](Cc1nc2ccc(CC)cc2s1)NC(=O)CC)C1CCOCC1. The highest BCUT2D eigenvalue weighted by Crippen LogP contribution is 2.25. The summed E-state index contributed by atoms with van der Waals surface area (Å²) >= 11 is 1.52. The number of benzene rings is 1. The average Bonchev–Trinajstić information content (AvgIpc) is 3.41. The fourth-order valence-electron chi connectivity index (χ4n) is 5.32. The number of hydrogen-bond acceptors (Lipinski definition) is 9. The zero-order chi connectivity index (χ0) is 31.0. The van der Waals surface area contributed by atoms with Crippen molar-refractivity contribution in [3.8, 4) is 0 Å². The Bertz CT molecular complexity index is 1410. The number of rotatable bonds is 13. The summed E-state index contributed by atoms with van der Waals surface area (Å²) in [6.45, 7) is 10.1. The Hall–Kier alpha value is -2.87. The van der Waals surface area contributed by atoms with Crippen molar-refractivity contribution in [2.75, 3.05) is 50.9 Å². The van der Waals surface area contributed by atoms with E-state index in [4.69, 9.17) is 9.72 Å². The molecule has 3 amide bonds. The van der Waals surface area contributed by atoms with Crippen molar-refractivity contribution in [2.45, 2.75) is 58.0 Å². The Morgan fingerprint density at radius 2 is 1.86 bits per heavy atom. The quantitative estimate of drug-likeness (QED) is 0.282. The van der Waals surface area contributed by atoms with Crippen molar-refractivity contribution in [3.05, 3.63) is 40.9 Å². The number of ether oxygens (including phenoxy) is 1. The van der Waals surface area contributed by atoms with Crippen molar-refractivity contribution in [2.24, 2.45) is 5.92 Å². The van der Waals surface area contributed by atoms with Gasteiger partial charge in [0, 0.05) is 63.8 Å². The lowest BCUT2D eigenvalue weighted by Crippen LogP contribution is -2.55. The predicted molar refractivity (Wildman–Crippen MR) is 168 cm³/mol. The molecule has 43 heavy (non-hydrogen) atoms. The summed E-state index contributed by atoms with van der Waals surface area (Å²) in [6, 6.07) is 4.95. The molecule has 2 saturated heterocycles. The second-order valence-corrected chi connectivity index (χ2v) is 14.7. The Kier molecular flexibility index (Phi) is 11.7. The van der Waals surface area contributed by atoms with E-state index < -0.39 is 15.9 Å². The summed E-state index contributed by atoms with van der Waals surface area (Å²) in [4.78, 5) is 45.7. The van der Waals surface area contributed by atoms with Gasteiger partial charge in [-0.2, -0.15) is 0 Å². The van der Waals surface area contributed by atoms with Crippen LogP contribution in [0.15, 0.2) is 30.4 Å². The van der Waals surface area contributed by atoms with Crippen LogP contribution in [0.2, 0.25) is 0 Å². The molecule has 0 saturated carbocycles. The van der Waals surface area contributed by atoms with Gasteiger partial charge in [-0.05, 0) is 42.9 Å². The van der Waals surface area contributed by atoms with Gasteiger partial charge in [0.25, 0.3) is 0 Å². The smallest absolute Gasteiger partial charge is 0.247 e. The molecule has 1 aromatic carbocycles. The topological polar surface area (TPSA) is 147 Å². The van der Waals surface area contributed by atoms with Crippen LogP contribution in [-0.2, 0) is 41.8 Å². The Balaban J connectivity index is 1.42. The molecule has 2 aromatic rings. The van der Waals surface area contributed by atoms with Gasteiger partial charge in [0.15, 0.2) is 9.84 Å². The van der Waals surface area contributed by atoms with E-state index in [0.29, 0.717) is 31.9 Å². The lowest BCUT2D eigenvalue weighted by atomic mass is 9.91. The molecule has 0 bridgehead atoms. The number of aryl methyl sites for hydroxylation is 1. The summed E-state index contributed by atoms with van der Waals surface area (Å²) in [5.74, 6) is -0.660. The first kappa shape index (κ1) is 33.0. The monoisotopic (exact) mass is 633 g/mol. The van der Waals surface area contributed by atoms with Crippen LogP contribution in [-0.4, -0.2) is 99.0 Å². The number of carbonyl (C=O) groups is 3. The number of fused-ring (bicyclic) bond motifs is 1. The van der Waals surface area contributed by atoms with Gasteiger partial charge in [0.2, 0.25) is 17.7 Å². The number of nitrogens with zero attached hydrogens (tertiary/aromatic N) is 2. The number of amides is 3. The molecule has 3 heterocycles. The minimum absolute atomic E-state index is 0.0757. The maximum Gasteiger partial charge on any atom is 0.247 e. The molecule has 2 fully saturated rings. The molecule has 2 atom stereocenters. The third-order valence-corrected chi connectivity index (χ3v) is 10.7. The third-order valence-electron chi connectivity index (χ3n) is 8.07.